The van der Waals surface area contributed by atoms with E-state index < -0.39 is 92.1 Å². The zero-order chi connectivity index (χ0) is 43.1. The molecule has 12 heteroatoms. The molecule has 2 spiro atoms. The van der Waals surface area contributed by atoms with E-state index in [0.717, 1.165) is 0 Å². The summed E-state index contributed by atoms with van der Waals surface area (Å²) in [6, 6.07) is 27.2. The van der Waals surface area contributed by atoms with Gasteiger partial charge in [-0.1, -0.05) is 254 Å². The second-order valence-corrected chi connectivity index (χ2v) is 122. The third-order valence-electron chi connectivity index (χ3n) is 19.7. The van der Waals surface area contributed by atoms with Gasteiger partial charge in [0.05, 0.1) is 13.3 Å². The fourth-order valence-electron chi connectivity index (χ4n) is 21.1. The topological polar surface area (TPSA) is 0 Å². The quantitative estimate of drug-likeness (QED) is 0.208. The minimum Gasteiger partial charge on any atom is -0.0696 e. The molecule has 0 aromatic heterocycles. The van der Waals surface area contributed by atoms with E-state index in [4.69, 9.17) is 0 Å². The van der Waals surface area contributed by atoms with Gasteiger partial charge in [0.25, 0.3) is 0 Å². The summed E-state index contributed by atoms with van der Waals surface area (Å²) in [7, 11) is -18.2. The molecule has 0 saturated carbocycles. The van der Waals surface area contributed by atoms with Gasteiger partial charge in [-0.15, -0.1) is 0 Å². The van der Waals surface area contributed by atoms with Crippen molar-refractivity contribution in [3.05, 3.63) is 60.7 Å². The van der Waals surface area contributed by atoms with Crippen molar-refractivity contribution in [2.24, 2.45) is 0 Å². The lowest BCUT2D eigenvalue weighted by Crippen LogP contribution is -2.92. The maximum absolute atomic E-state index is 3.01. The lowest BCUT2D eigenvalue weighted by atomic mass is 10.4. The zero-order valence-electron chi connectivity index (χ0n) is 41.6. The van der Waals surface area contributed by atoms with Gasteiger partial charge in [0, 0.05) is 78.8 Å². The first-order valence-corrected chi connectivity index (χ1v) is 64.0. The molecule has 4 heterocycles. The summed E-state index contributed by atoms with van der Waals surface area (Å²) in [5.74, 6) is 0. The summed E-state index contributed by atoms with van der Waals surface area (Å²) in [6.45, 7) is 68.0. The molecular formula is C44H90Si12. The first-order valence-electron chi connectivity index (χ1n) is 23.0. The van der Waals surface area contributed by atoms with E-state index in [-0.39, 0.29) is 0 Å². The van der Waals surface area contributed by atoms with E-state index >= 15 is 0 Å². The smallest absolute Gasteiger partial charge is 0.0656 e. The van der Waals surface area contributed by atoms with Crippen LogP contribution in [0.4, 0.5) is 0 Å². The van der Waals surface area contributed by atoms with Crippen LogP contribution in [0, 0.1) is 0 Å². The van der Waals surface area contributed by atoms with E-state index in [2.05, 4.69) is 228 Å². The Bertz CT molecular complexity index is 1560. The molecule has 0 unspecified atom stereocenters. The van der Waals surface area contributed by atoms with Crippen molar-refractivity contribution >= 4 is 102 Å². The van der Waals surface area contributed by atoms with Crippen LogP contribution in [0.3, 0.4) is 0 Å². The van der Waals surface area contributed by atoms with Crippen LogP contribution in [0.15, 0.2) is 60.7 Å². The molecule has 2 aromatic rings. The zero-order valence-corrected chi connectivity index (χ0v) is 53.6. The van der Waals surface area contributed by atoms with E-state index in [9.17, 15) is 0 Å². The molecule has 0 atom stereocenters. The first-order chi connectivity index (χ1) is 24.9. The van der Waals surface area contributed by atoms with E-state index in [1.165, 1.54) is 0 Å². The van der Waals surface area contributed by atoms with Crippen LogP contribution >= 0.6 is 0 Å². The Morgan fingerprint density at radius 2 is 0.446 bits per heavy atom. The highest BCUT2D eigenvalue weighted by Gasteiger charge is 3.26. The SMILES string of the molecule is C[Si](C)(C)C1([Si](C)(C)C)CCC([Si](C)(C)C)([Si](C)(C)C)[Si]12[Si]1(c3ccccc3)[Si]3(C([Si](C)(C)C)([Si](C)(C)C)CCC3([Si](C)(C)C)[Si](C)(C)C)[Si]21c1ccccc1. The molecule has 4 saturated heterocycles. The number of hydrogen-bond donors (Lipinski definition) is 0. The Hall–Kier alpha value is 1.04. The van der Waals surface area contributed by atoms with Crippen LogP contribution in [0.25, 0.3) is 0 Å². The second-order valence-electron chi connectivity index (χ2n) is 28.4. The van der Waals surface area contributed by atoms with Gasteiger partial charge in [0.15, 0.2) is 0 Å². The fourth-order valence-corrected chi connectivity index (χ4v) is 428. The molecule has 0 bridgehead atoms. The molecule has 2 aromatic carbocycles. The van der Waals surface area contributed by atoms with Gasteiger partial charge in [-0.25, -0.2) is 0 Å². The Labute approximate surface area is 360 Å². The highest BCUT2D eigenvalue weighted by Crippen LogP contribution is 3.03. The minimum absolute atomic E-state index is 0.702. The third-order valence-corrected chi connectivity index (χ3v) is 203. The minimum atomic E-state index is -2.17. The van der Waals surface area contributed by atoms with Crippen LogP contribution in [-0.2, 0) is 0 Å². The molecule has 0 aliphatic carbocycles. The van der Waals surface area contributed by atoms with Crippen molar-refractivity contribution in [3.63, 3.8) is 0 Å². The summed E-state index contributed by atoms with van der Waals surface area (Å²) in [5.41, 5.74) is 0. The Balaban J connectivity index is 2.14. The molecule has 0 radical (unpaired) electrons. The predicted molar refractivity (Wildman–Crippen MR) is 291 cm³/mol. The van der Waals surface area contributed by atoms with Crippen molar-refractivity contribution in [2.75, 3.05) is 0 Å². The molecule has 56 heavy (non-hydrogen) atoms. The van der Waals surface area contributed by atoms with Crippen LogP contribution in [-0.4, -0.2) is 92.1 Å². The van der Waals surface area contributed by atoms with E-state index in [1.807, 2.05) is 0 Å². The Kier molecular flexibility index (Phi) is 10.3. The fraction of sp³-hybridized carbons (Fsp3) is 0.727. The van der Waals surface area contributed by atoms with Crippen molar-refractivity contribution in [3.8, 4) is 0 Å². The normalized spacial score (nSPS) is 29.1. The van der Waals surface area contributed by atoms with Crippen LogP contribution < -0.4 is 10.4 Å². The molecule has 6 rings (SSSR count). The summed E-state index contributed by atoms with van der Waals surface area (Å²) in [6.07, 6.45) is 6.58. The standard InChI is InChI=1S/C44H90Si12/c1-45(2,3)41(46(4,5)6)35-36-42(47(7,8)9,48(10,11)12)55(41)53(39-31-27-25-28-32-39)54(55,40-33-29-26-30-34-40)56(53)43(49(13,14)15,50(16,17)18)37-38-44(56,51(19,20)21)52(22,23)24/h25-34H,35-38H2,1-24H3. The predicted octanol–water partition coefficient (Wildman–Crippen LogP) is 13.6. The molecule has 314 valence electrons. The summed E-state index contributed by atoms with van der Waals surface area (Å²) >= 11 is 0. The van der Waals surface area contributed by atoms with E-state index in [1.54, 1.807) is 25.7 Å². The van der Waals surface area contributed by atoms with Gasteiger partial charge in [0.2, 0.25) is 0 Å². The summed E-state index contributed by atoms with van der Waals surface area (Å²) < 4.78 is 2.81. The van der Waals surface area contributed by atoms with Crippen LogP contribution in [0.1, 0.15) is 25.7 Å². The Morgan fingerprint density at radius 3 is 0.589 bits per heavy atom. The molecule has 0 nitrogen and oxygen atoms in total. The van der Waals surface area contributed by atoms with Crippen molar-refractivity contribution < 1.29 is 0 Å². The molecular weight excluding hydrogens is 866 g/mol. The van der Waals surface area contributed by atoms with E-state index in [0.29, 0.717) is 17.1 Å². The third kappa shape index (κ3) is 4.36. The Morgan fingerprint density at radius 1 is 0.286 bits per heavy atom. The van der Waals surface area contributed by atoms with Crippen LogP contribution in [0.2, 0.25) is 174 Å². The van der Waals surface area contributed by atoms with Gasteiger partial charge in [-0.2, -0.15) is 0 Å². The number of hydrogen-bond acceptors (Lipinski definition) is 0. The summed E-state index contributed by atoms with van der Waals surface area (Å²) in [5, 5.41) is 4.28. The maximum atomic E-state index is 3.01. The monoisotopic (exact) mass is 954 g/mol. The lowest BCUT2D eigenvalue weighted by Gasteiger charge is -2.75. The average Bonchev–Trinajstić information content (AvgIpc) is 3.53. The molecule has 0 N–H and O–H groups in total. The largest absolute Gasteiger partial charge is 0.0696 e. The molecule has 0 amide bonds. The first kappa shape index (κ1) is 46.5. The van der Waals surface area contributed by atoms with Gasteiger partial charge in [-0.3, -0.25) is 0 Å². The van der Waals surface area contributed by atoms with Gasteiger partial charge < -0.3 is 0 Å². The van der Waals surface area contributed by atoms with Crippen molar-refractivity contribution in [1.82, 2.24) is 0 Å². The number of benzene rings is 2. The van der Waals surface area contributed by atoms with Crippen molar-refractivity contribution in [2.45, 2.75) is 200 Å². The van der Waals surface area contributed by atoms with Crippen molar-refractivity contribution in [1.29, 1.82) is 0 Å². The van der Waals surface area contributed by atoms with Gasteiger partial charge in [-0.05, 0) is 17.1 Å². The highest BCUT2D eigenvalue weighted by molar-refractivity contribution is 8.62. The molecule has 4 aliphatic rings. The van der Waals surface area contributed by atoms with Gasteiger partial charge >= 0.3 is 0 Å². The average molecular weight is 956 g/mol. The van der Waals surface area contributed by atoms with Gasteiger partial charge in [0.1, 0.15) is 0 Å². The summed E-state index contributed by atoms with van der Waals surface area (Å²) in [4.78, 5) is 0. The second kappa shape index (κ2) is 12.4. The highest BCUT2D eigenvalue weighted by atomic mass is 30.7. The van der Waals surface area contributed by atoms with Crippen LogP contribution in [0.5, 0.6) is 0 Å². The number of rotatable bonds is 10. The number of fused-ring (bicyclic) bond motifs is 5. The maximum Gasteiger partial charge on any atom is 0.0656 e. The lowest BCUT2D eigenvalue weighted by molar-refractivity contribution is 0.763. The molecule has 4 aliphatic heterocycles. The molecule has 4 fully saturated rings.